The number of fused-ring (bicyclic) bond motifs is 1. The molecule has 1 atom stereocenters. The Bertz CT molecular complexity index is 1120. The zero-order valence-corrected chi connectivity index (χ0v) is 14.6. The molecule has 0 radical (unpaired) electrons. The van der Waals surface area contributed by atoms with E-state index in [0.29, 0.717) is 22.2 Å². The molecule has 126 valence electrons. The molecule has 0 saturated heterocycles. The number of pyridine rings is 1. The van der Waals surface area contributed by atoms with Gasteiger partial charge in [-0.25, -0.2) is 12.4 Å². The second-order valence-electron chi connectivity index (χ2n) is 5.55. The van der Waals surface area contributed by atoms with Crippen molar-refractivity contribution in [3.05, 3.63) is 82.9 Å². The van der Waals surface area contributed by atoms with Crippen molar-refractivity contribution in [2.45, 2.75) is 11.0 Å². The largest absolute Gasteiger partial charge is 0.382 e. The molecule has 0 spiro atoms. The van der Waals surface area contributed by atoms with Gasteiger partial charge in [-0.1, -0.05) is 18.2 Å². The number of thiophene rings is 1. The third kappa shape index (κ3) is 2.66. The second kappa shape index (κ2) is 6.11. The summed E-state index contributed by atoms with van der Waals surface area (Å²) in [5.41, 5.74) is 1.39. The molecule has 1 aromatic carbocycles. The van der Waals surface area contributed by atoms with Crippen molar-refractivity contribution in [3.63, 3.8) is 0 Å². The number of aliphatic hydroxyl groups excluding tert-OH is 1. The standard InChI is InChI=1S/C18H14N2O3S2/c21-18(14-7-9-24-12-14)16-10-13-6-8-19-11-17(13)20(16)25(22,23)15-4-2-1-3-5-15/h1-12,18,21H/t18-/m1/s1. The van der Waals surface area contributed by atoms with Crippen molar-refractivity contribution in [1.82, 2.24) is 8.96 Å². The average molecular weight is 370 g/mol. The minimum absolute atomic E-state index is 0.162. The van der Waals surface area contributed by atoms with Crippen LogP contribution in [0.15, 0.2) is 76.6 Å². The van der Waals surface area contributed by atoms with Gasteiger partial charge in [0, 0.05) is 11.6 Å². The maximum Gasteiger partial charge on any atom is 0.268 e. The first kappa shape index (κ1) is 16.0. The molecule has 0 aliphatic heterocycles. The average Bonchev–Trinajstić information content (AvgIpc) is 3.29. The molecule has 1 N–H and O–H groups in total. The number of aliphatic hydroxyl groups is 1. The topological polar surface area (TPSA) is 72.2 Å². The van der Waals surface area contributed by atoms with Crippen LogP contribution in [0.3, 0.4) is 0 Å². The Kier molecular flexibility index (Phi) is 3.91. The van der Waals surface area contributed by atoms with Crippen molar-refractivity contribution in [3.8, 4) is 0 Å². The fourth-order valence-corrected chi connectivity index (χ4v) is 5.04. The van der Waals surface area contributed by atoms with Crippen LogP contribution in [0.4, 0.5) is 0 Å². The smallest absolute Gasteiger partial charge is 0.268 e. The Hall–Kier alpha value is -2.48. The molecule has 7 heteroatoms. The molecule has 4 aromatic rings. The summed E-state index contributed by atoms with van der Waals surface area (Å²) in [5, 5.41) is 15.1. The lowest BCUT2D eigenvalue weighted by atomic mass is 10.1. The van der Waals surface area contributed by atoms with Crippen molar-refractivity contribution >= 4 is 32.3 Å². The fourth-order valence-electron chi connectivity index (χ4n) is 2.80. The molecule has 0 unspecified atom stereocenters. The van der Waals surface area contributed by atoms with Gasteiger partial charge in [-0.05, 0) is 46.7 Å². The monoisotopic (exact) mass is 370 g/mol. The van der Waals surface area contributed by atoms with Crippen molar-refractivity contribution < 1.29 is 13.5 Å². The highest BCUT2D eigenvalue weighted by Crippen LogP contribution is 2.32. The summed E-state index contributed by atoms with van der Waals surface area (Å²) in [6, 6.07) is 13.4. The zero-order valence-electron chi connectivity index (χ0n) is 13.0. The zero-order chi connectivity index (χ0) is 17.4. The van der Waals surface area contributed by atoms with Crippen LogP contribution in [0.2, 0.25) is 0 Å². The van der Waals surface area contributed by atoms with E-state index in [2.05, 4.69) is 4.98 Å². The summed E-state index contributed by atoms with van der Waals surface area (Å²) in [5.74, 6) is 0. The minimum Gasteiger partial charge on any atom is -0.382 e. The summed E-state index contributed by atoms with van der Waals surface area (Å²) in [4.78, 5) is 4.21. The summed E-state index contributed by atoms with van der Waals surface area (Å²) in [7, 11) is -3.87. The van der Waals surface area contributed by atoms with E-state index in [1.165, 1.54) is 33.6 Å². The Morgan fingerprint density at radius 1 is 1.12 bits per heavy atom. The predicted molar refractivity (Wildman–Crippen MR) is 97.1 cm³/mol. The number of aromatic nitrogens is 2. The van der Waals surface area contributed by atoms with Crippen LogP contribution in [-0.2, 0) is 10.0 Å². The van der Waals surface area contributed by atoms with E-state index in [9.17, 15) is 13.5 Å². The predicted octanol–water partition coefficient (Wildman–Crippen LogP) is 3.42. The third-order valence-electron chi connectivity index (χ3n) is 4.01. The van der Waals surface area contributed by atoms with Crippen LogP contribution < -0.4 is 0 Å². The maximum absolute atomic E-state index is 13.2. The van der Waals surface area contributed by atoms with Crippen LogP contribution in [-0.4, -0.2) is 22.5 Å². The summed E-state index contributed by atoms with van der Waals surface area (Å²) >= 11 is 1.45. The lowest BCUT2D eigenvalue weighted by Gasteiger charge is -2.15. The van der Waals surface area contributed by atoms with Crippen molar-refractivity contribution in [2.24, 2.45) is 0 Å². The van der Waals surface area contributed by atoms with Crippen LogP contribution >= 0.6 is 11.3 Å². The highest BCUT2D eigenvalue weighted by atomic mass is 32.2. The van der Waals surface area contributed by atoms with E-state index in [0.717, 1.165) is 0 Å². The first-order chi connectivity index (χ1) is 12.1. The van der Waals surface area contributed by atoms with E-state index in [4.69, 9.17) is 0 Å². The van der Waals surface area contributed by atoms with Crippen LogP contribution in [0.1, 0.15) is 17.4 Å². The van der Waals surface area contributed by atoms with Gasteiger partial charge >= 0.3 is 0 Å². The Balaban J connectivity index is 2.01. The van der Waals surface area contributed by atoms with E-state index in [-0.39, 0.29) is 4.90 Å². The van der Waals surface area contributed by atoms with Gasteiger partial charge in [-0.2, -0.15) is 11.3 Å². The van der Waals surface area contributed by atoms with E-state index >= 15 is 0 Å². The van der Waals surface area contributed by atoms with Crippen molar-refractivity contribution in [2.75, 3.05) is 0 Å². The highest BCUT2D eigenvalue weighted by molar-refractivity contribution is 7.90. The van der Waals surface area contributed by atoms with Crippen LogP contribution in [0, 0.1) is 0 Å². The third-order valence-corrected chi connectivity index (χ3v) is 6.47. The number of hydrogen-bond acceptors (Lipinski definition) is 5. The normalized spacial score (nSPS) is 13.2. The maximum atomic E-state index is 13.2. The van der Waals surface area contributed by atoms with Gasteiger partial charge in [0.2, 0.25) is 0 Å². The Morgan fingerprint density at radius 2 is 1.92 bits per heavy atom. The van der Waals surface area contributed by atoms with Gasteiger partial charge < -0.3 is 5.11 Å². The fraction of sp³-hybridized carbons (Fsp3) is 0.0556. The van der Waals surface area contributed by atoms with E-state index in [1.54, 1.807) is 48.0 Å². The van der Waals surface area contributed by atoms with Gasteiger partial charge in [0.05, 0.1) is 22.3 Å². The van der Waals surface area contributed by atoms with Gasteiger partial charge in [-0.15, -0.1) is 0 Å². The molecule has 3 heterocycles. The molecule has 25 heavy (non-hydrogen) atoms. The summed E-state index contributed by atoms with van der Waals surface area (Å²) in [6.07, 6.45) is 2.06. The highest BCUT2D eigenvalue weighted by Gasteiger charge is 2.27. The molecule has 0 saturated carbocycles. The second-order valence-corrected chi connectivity index (χ2v) is 8.11. The minimum atomic E-state index is -3.87. The molecule has 0 bridgehead atoms. The van der Waals surface area contributed by atoms with Gasteiger partial charge in [-0.3, -0.25) is 4.98 Å². The Morgan fingerprint density at radius 3 is 2.64 bits per heavy atom. The number of benzene rings is 1. The summed E-state index contributed by atoms with van der Waals surface area (Å²) in [6.45, 7) is 0. The first-order valence-corrected chi connectivity index (χ1v) is 9.93. The van der Waals surface area contributed by atoms with Gasteiger partial charge in [0.25, 0.3) is 10.0 Å². The van der Waals surface area contributed by atoms with E-state index in [1.807, 2.05) is 5.38 Å². The molecule has 4 rings (SSSR count). The molecule has 3 aromatic heterocycles. The van der Waals surface area contributed by atoms with Crippen LogP contribution in [0.25, 0.3) is 10.9 Å². The lowest BCUT2D eigenvalue weighted by molar-refractivity contribution is 0.215. The first-order valence-electron chi connectivity index (χ1n) is 7.55. The SMILES string of the molecule is O=S(=O)(c1ccccc1)n1c([C@H](O)c2ccsc2)cc2ccncc21. The number of hydrogen-bond donors (Lipinski definition) is 1. The Labute approximate surface area is 148 Å². The van der Waals surface area contributed by atoms with Crippen molar-refractivity contribution in [1.29, 1.82) is 0 Å². The lowest BCUT2D eigenvalue weighted by Crippen LogP contribution is -2.18. The number of nitrogens with zero attached hydrogens (tertiary/aromatic N) is 2. The molecule has 0 aliphatic carbocycles. The molecular formula is C18H14N2O3S2. The molecule has 5 nitrogen and oxygen atoms in total. The van der Waals surface area contributed by atoms with Gasteiger partial charge in [0.1, 0.15) is 6.10 Å². The number of rotatable bonds is 4. The van der Waals surface area contributed by atoms with Crippen LogP contribution in [0.5, 0.6) is 0 Å². The quantitative estimate of drug-likeness (QED) is 0.597. The molecule has 0 fully saturated rings. The molecular weight excluding hydrogens is 356 g/mol. The molecule has 0 amide bonds. The molecule has 0 aliphatic rings. The summed E-state index contributed by atoms with van der Waals surface area (Å²) < 4.78 is 27.6. The van der Waals surface area contributed by atoms with E-state index < -0.39 is 16.1 Å². The van der Waals surface area contributed by atoms with Gasteiger partial charge in [0.15, 0.2) is 0 Å².